The SMILES string of the molecule is CC(C)N1CCCC1c1nnc2n1CC(C(=O)O)CC2. The van der Waals surface area contributed by atoms with Gasteiger partial charge in [0.2, 0.25) is 0 Å². The van der Waals surface area contributed by atoms with Gasteiger partial charge in [-0.25, -0.2) is 0 Å². The van der Waals surface area contributed by atoms with Crippen LogP contribution in [0.1, 0.15) is 50.8 Å². The Hall–Kier alpha value is -1.43. The number of rotatable bonds is 3. The minimum atomic E-state index is -0.706. The number of carboxylic acid groups (broad SMARTS) is 1. The summed E-state index contributed by atoms with van der Waals surface area (Å²) < 4.78 is 2.06. The highest BCUT2D eigenvalue weighted by molar-refractivity contribution is 5.70. The average Bonchev–Trinajstić information content (AvgIpc) is 3.03. The van der Waals surface area contributed by atoms with Crippen LogP contribution in [0.2, 0.25) is 0 Å². The van der Waals surface area contributed by atoms with E-state index in [2.05, 4.69) is 33.5 Å². The van der Waals surface area contributed by atoms with Crippen molar-refractivity contribution in [1.82, 2.24) is 19.7 Å². The van der Waals surface area contributed by atoms with Crippen LogP contribution in [0, 0.1) is 5.92 Å². The summed E-state index contributed by atoms with van der Waals surface area (Å²) in [5, 5.41) is 17.9. The molecule has 2 aliphatic rings. The fourth-order valence-corrected chi connectivity index (χ4v) is 3.48. The van der Waals surface area contributed by atoms with E-state index in [0.717, 1.165) is 31.0 Å². The highest BCUT2D eigenvalue weighted by atomic mass is 16.4. The minimum Gasteiger partial charge on any atom is -0.481 e. The van der Waals surface area contributed by atoms with Gasteiger partial charge in [0.15, 0.2) is 0 Å². The summed E-state index contributed by atoms with van der Waals surface area (Å²) in [6.45, 7) is 6.01. The van der Waals surface area contributed by atoms with Gasteiger partial charge in [0, 0.05) is 19.0 Å². The van der Waals surface area contributed by atoms with Gasteiger partial charge >= 0.3 is 5.97 Å². The highest BCUT2D eigenvalue weighted by Crippen LogP contribution is 2.34. The van der Waals surface area contributed by atoms with Crippen molar-refractivity contribution in [1.29, 1.82) is 0 Å². The first-order valence-corrected chi connectivity index (χ1v) is 7.48. The number of hydrogen-bond donors (Lipinski definition) is 1. The number of carbonyl (C=O) groups is 1. The van der Waals surface area contributed by atoms with E-state index in [-0.39, 0.29) is 5.92 Å². The van der Waals surface area contributed by atoms with E-state index in [9.17, 15) is 9.90 Å². The van der Waals surface area contributed by atoms with Crippen LogP contribution < -0.4 is 0 Å². The van der Waals surface area contributed by atoms with Crippen molar-refractivity contribution in [2.24, 2.45) is 5.92 Å². The van der Waals surface area contributed by atoms with Gasteiger partial charge in [-0.2, -0.15) is 0 Å². The van der Waals surface area contributed by atoms with Crippen LogP contribution >= 0.6 is 0 Å². The van der Waals surface area contributed by atoms with Crippen molar-refractivity contribution in [3.8, 4) is 0 Å². The lowest BCUT2D eigenvalue weighted by Gasteiger charge is -2.29. The Morgan fingerprint density at radius 2 is 2.15 bits per heavy atom. The van der Waals surface area contributed by atoms with Crippen LogP contribution in [0.4, 0.5) is 0 Å². The fourth-order valence-electron chi connectivity index (χ4n) is 3.48. The molecule has 1 aromatic heterocycles. The maximum atomic E-state index is 11.2. The van der Waals surface area contributed by atoms with Crippen LogP contribution in [0.15, 0.2) is 0 Å². The Kier molecular flexibility index (Phi) is 3.50. The lowest BCUT2D eigenvalue weighted by atomic mass is 9.99. The standard InChI is InChI=1S/C14H22N4O2/c1-9(2)17-7-3-4-11(17)13-16-15-12-6-5-10(14(19)20)8-18(12)13/h9-11H,3-8H2,1-2H3,(H,19,20). The number of hydrogen-bond acceptors (Lipinski definition) is 4. The molecular formula is C14H22N4O2. The number of aromatic nitrogens is 3. The summed E-state index contributed by atoms with van der Waals surface area (Å²) in [5.74, 6) is 0.916. The molecule has 0 saturated carbocycles. The highest BCUT2D eigenvalue weighted by Gasteiger charge is 2.35. The van der Waals surface area contributed by atoms with Gasteiger partial charge in [0.1, 0.15) is 11.6 Å². The maximum absolute atomic E-state index is 11.2. The molecule has 6 heteroatoms. The molecule has 0 radical (unpaired) electrons. The lowest BCUT2D eigenvalue weighted by molar-refractivity contribution is -0.142. The smallest absolute Gasteiger partial charge is 0.308 e. The number of aryl methyl sites for hydroxylation is 1. The van der Waals surface area contributed by atoms with Crippen molar-refractivity contribution in [2.75, 3.05) is 6.54 Å². The quantitative estimate of drug-likeness (QED) is 0.906. The summed E-state index contributed by atoms with van der Waals surface area (Å²) >= 11 is 0. The number of carboxylic acids is 1. The second-order valence-corrected chi connectivity index (χ2v) is 6.15. The molecule has 3 heterocycles. The van der Waals surface area contributed by atoms with Crippen molar-refractivity contribution in [3.05, 3.63) is 11.6 Å². The van der Waals surface area contributed by atoms with Crippen LogP contribution in [0.25, 0.3) is 0 Å². The van der Waals surface area contributed by atoms with E-state index < -0.39 is 5.97 Å². The number of likely N-dealkylation sites (tertiary alicyclic amines) is 1. The molecule has 2 atom stereocenters. The Morgan fingerprint density at radius 1 is 1.35 bits per heavy atom. The molecule has 0 aliphatic carbocycles. The molecule has 0 amide bonds. The zero-order valence-corrected chi connectivity index (χ0v) is 12.1. The van der Waals surface area contributed by atoms with E-state index in [1.807, 2.05) is 0 Å². The Balaban J connectivity index is 1.89. The van der Waals surface area contributed by atoms with E-state index in [4.69, 9.17) is 0 Å². The number of fused-ring (bicyclic) bond motifs is 1. The first kappa shape index (κ1) is 13.5. The molecule has 0 bridgehead atoms. The van der Waals surface area contributed by atoms with E-state index in [1.165, 1.54) is 6.42 Å². The first-order chi connectivity index (χ1) is 9.58. The molecule has 2 aliphatic heterocycles. The summed E-state index contributed by atoms with van der Waals surface area (Å²) in [6, 6.07) is 0.776. The molecule has 6 nitrogen and oxygen atoms in total. The Morgan fingerprint density at radius 3 is 2.85 bits per heavy atom. The van der Waals surface area contributed by atoms with E-state index in [1.54, 1.807) is 0 Å². The summed E-state index contributed by atoms with van der Waals surface area (Å²) in [7, 11) is 0. The molecule has 0 spiro atoms. The van der Waals surface area contributed by atoms with Crippen molar-refractivity contribution in [3.63, 3.8) is 0 Å². The zero-order valence-electron chi connectivity index (χ0n) is 12.1. The van der Waals surface area contributed by atoms with Crippen molar-refractivity contribution in [2.45, 2.75) is 58.2 Å². The number of aliphatic carboxylic acids is 1. The summed E-state index contributed by atoms with van der Waals surface area (Å²) in [5.41, 5.74) is 0. The van der Waals surface area contributed by atoms with Gasteiger partial charge < -0.3 is 9.67 Å². The molecule has 0 aromatic carbocycles. The average molecular weight is 278 g/mol. The van der Waals surface area contributed by atoms with Crippen LogP contribution in [-0.4, -0.2) is 43.3 Å². The van der Waals surface area contributed by atoms with Crippen molar-refractivity contribution >= 4 is 5.97 Å². The number of nitrogens with zero attached hydrogens (tertiary/aromatic N) is 4. The first-order valence-electron chi connectivity index (χ1n) is 7.48. The maximum Gasteiger partial charge on any atom is 0.308 e. The third kappa shape index (κ3) is 2.22. The molecule has 1 saturated heterocycles. The van der Waals surface area contributed by atoms with Crippen LogP contribution in [-0.2, 0) is 17.8 Å². The van der Waals surface area contributed by atoms with Crippen molar-refractivity contribution < 1.29 is 9.90 Å². The van der Waals surface area contributed by atoms with Gasteiger partial charge in [0.05, 0.1) is 12.0 Å². The van der Waals surface area contributed by atoms with Gasteiger partial charge in [-0.3, -0.25) is 9.69 Å². The Bertz CT molecular complexity index is 511. The second kappa shape index (κ2) is 5.16. The molecule has 1 fully saturated rings. The fraction of sp³-hybridized carbons (Fsp3) is 0.786. The largest absolute Gasteiger partial charge is 0.481 e. The molecule has 1 N–H and O–H groups in total. The third-order valence-corrected chi connectivity index (χ3v) is 4.58. The van der Waals surface area contributed by atoms with Crippen LogP contribution in [0.3, 0.4) is 0 Å². The molecule has 110 valence electrons. The third-order valence-electron chi connectivity index (χ3n) is 4.58. The van der Waals surface area contributed by atoms with Gasteiger partial charge in [0.25, 0.3) is 0 Å². The minimum absolute atomic E-state index is 0.295. The molecule has 3 rings (SSSR count). The Labute approximate surface area is 118 Å². The van der Waals surface area contributed by atoms with E-state index in [0.29, 0.717) is 25.0 Å². The van der Waals surface area contributed by atoms with Gasteiger partial charge in [-0.05, 0) is 39.7 Å². The molecular weight excluding hydrogens is 256 g/mol. The monoisotopic (exact) mass is 278 g/mol. The predicted molar refractivity (Wildman–Crippen MR) is 73.3 cm³/mol. The molecule has 1 aromatic rings. The van der Waals surface area contributed by atoms with Crippen LogP contribution in [0.5, 0.6) is 0 Å². The predicted octanol–water partition coefficient (Wildman–Crippen LogP) is 1.47. The summed E-state index contributed by atoms with van der Waals surface area (Å²) in [6.07, 6.45) is 3.66. The topological polar surface area (TPSA) is 71.2 Å². The summed E-state index contributed by atoms with van der Waals surface area (Å²) in [4.78, 5) is 13.7. The van der Waals surface area contributed by atoms with E-state index >= 15 is 0 Å². The van der Waals surface area contributed by atoms with Gasteiger partial charge in [-0.15, -0.1) is 10.2 Å². The normalized spacial score (nSPS) is 26.9. The molecule has 20 heavy (non-hydrogen) atoms. The lowest BCUT2D eigenvalue weighted by Crippen LogP contribution is -2.34. The van der Waals surface area contributed by atoms with Gasteiger partial charge in [-0.1, -0.05) is 0 Å². The molecule has 2 unspecified atom stereocenters. The zero-order chi connectivity index (χ0) is 14.3. The second-order valence-electron chi connectivity index (χ2n) is 6.15.